The number of rotatable bonds is 3. The van der Waals surface area contributed by atoms with Crippen molar-refractivity contribution in [2.45, 2.75) is 24.8 Å². The average molecular weight is 323 g/mol. The van der Waals surface area contributed by atoms with Crippen LogP contribution in [0.3, 0.4) is 0 Å². The summed E-state index contributed by atoms with van der Waals surface area (Å²) in [7, 11) is -3.78. The van der Waals surface area contributed by atoms with Crippen LogP contribution in [0.25, 0.3) is 10.2 Å². The van der Waals surface area contributed by atoms with Crippen LogP contribution in [0.15, 0.2) is 28.1 Å². The highest BCUT2D eigenvalue weighted by Crippen LogP contribution is 2.21. The highest BCUT2D eigenvalue weighted by atomic mass is 32.2. The minimum atomic E-state index is -3.78. The summed E-state index contributed by atoms with van der Waals surface area (Å²) in [5, 5.41) is 5.11. The van der Waals surface area contributed by atoms with Gasteiger partial charge in [0.05, 0.1) is 21.7 Å². The first-order valence-electron chi connectivity index (χ1n) is 6.04. The van der Waals surface area contributed by atoms with Crippen molar-refractivity contribution in [3.05, 3.63) is 23.0 Å². The fourth-order valence-electron chi connectivity index (χ4n) is 1.75. The van der Waals surface area contributed by atoms with E-state index in [1.54, 1.807) is 17.6 Å². The number of thiazole rings is 1. The second kappa shape index (κ2) is 5.81. The number of amides is 1. The maximum Gasteiger partial charge on any atom is 0.248 e. The molecule has 0 aliphatic carbocycles. The number of benzene rings is 1. The van der Waals surface area contributed by atoms with Crippen LogP contribution in [0.4, 0.5) is 0 Å². The van der Waals surface area contributed by atoms with Crippen LogP contribution < -0.4 is 9.94 Å². The summed E-state index contributed by atoms with van der Waals surface area (Å²) in [5.74, 6) is 2.23. The van der Waals surface area contributed by atoms with E-state index in [2.05, 4.69) is 10.9 Å². The molecule has 0 aliphatic heterocycles. The standard InChI is InChI=1S/C13H13N3O3S2/c1-3-7-16-10-6-5-9(21(14,18)19)8-11(10)20-13(16)15-12(17)4-2/h1,5-6,8H,4,7H2,2H3,(H2,14,18,19). The summed E-state index contributed by atoms with van der Waals surface area (Å²) in [6.07, 6.45) is 5.62. The summed E-state index contributed by atoms with van der Waals surface area (Å²) in [6.45, 7) is 1.95. The van der Waals surface area contributed by atoms with Crippen LogP contribution in [0.5, 0.6) is 0 Å². The zero-order valence-corrected chi connectivity index (χ0v) is 12.9. The van der Waals surface area contributed by atoms with E-state index in [1.165, 1.54) is 23.5 Å². The van der Waals surface area contributed by atoms with Crippen molar-refractivity contribution in [2.75, 3.05) is 0 Å². The molecular weight excluding hydrogens is 310 g/mol. The molecule has 8 heteroatoms. The fourth-order valence-corrected chi connectivity index (χ4v) is 3.45. The van der Waals surface area contributed by atoms with Gasteiger partial charge in [0.1, 0.15) is 0 Å². The molecule has 0 saturated carbocycles. The summed E-state index contributed by atoms with van der Waals surface area (Å²) >= 11 is 1.20. The molecule has 2 N–H and O–H groups in total. The first-order valence-corrected chi connectivity index (χ1v) is 8.40. The van der Waals surface area contributed by atoms with E-state index in [0.717, 1.165) is 0 Å². The molecule has 1 heterocycles. The molecular formula is C13H13N3O3S2. The molecule has 110 valence electrons. The maximum atomic E-state index is 11.5. The number of carbonyl (C=O) groups is 1. The second-order valence-corrected chi connectivity index (χ2v) is 6.78. The average Bonchev–Trinajstić information content (AvgIpc) is 2.75. The lowest BCUT2D eigenvalue weighted by molar-refractivity contribution is -0.117. The number of hydrogen-bond acceptors (Lipinski definition) is 4. The lowest BCUT2D eigenvalue weighted by Crippen LogP contribution is -2.16. The van der Waals surface area contributed by atoms with Gasteiger partial charge in [-0.1, -0.05) is 24.2 Å². The second-order valence-electron chi connectivity index (χ2n) is 4.21. The lowest BCUT2D eigenvalue weighted by Gasteiger charge is -2.01. The molecule has 2 rings (SSSR count). The van der Waals surface area contributed by atoms with Crippen LogP contribution in [0.1, 0.15) is 13.3 Å². The number of hydrogen-bond donors (Lipinski definition) is 1. The van der Waals surface area contributed by atoms with Crippen molar-refractivity contribution < 1.29 is 13.2 Å². The molecule has 0 aliphatic rings. The van der Waals surface area contributed by atoms with Gasteiger partial charge in [-0.2, -0.15) is 4.99 Å². The van der Waals surface area contributed by atoms with Gasteiger partial charge >= 0.3 is 0 Å². The normalized spacial score (nSPS) is 12.5. The molecule has 0 spiro atoms. The Morgan fingerprint density at radius 2 is 2.24 bits per heavy atom. The number of primary sulfonamides is 1. The topological polar surface area (TPSA) is 94.5 Å². The Balaban J connectivity index is 2.77. The zero-order valence-electron chi connectivity index (χ0n) is 11.2. The van der Waals surface area contributed by atoms with Gasteiger partial charge in [-0.05, 0) is 18.2 Å². The van der Waals surface area contributed by atoms with E-state index >= 15 is 0 Å². The summed E-state index contributed by atoms with van der Waals surface area (Å²) in [4.78, 5) is 15.9. The predicted octanol–water partition coefficient (Wildman–Crippen LogP) is 0.821. The van der Waals surface area contributed by atoms with Gasteiger partial charge in [-0.15, -0.1) is 6.42 Å². The summed E-state index contributed by atoms with van der Waals surface area (Å²) < 4.78 is 25.1. The van der Waals surface area contributed by atoms with Gasteiger partial charge in [0.25, 0.3) is 0 Å². The highest BCUT2D eigenvalue weighted by Gasteiger charge is 2.12. The Morgan fingerprint density at radius 3 is 2.81 bits per heavy atom. The fraction of sp³-hybridized carbons (Fsp3) is 0.231. The van der Waals surface area contributed by atoms with Crippen molar-refractivity contribution in [3.8, 4) is 12.3 Å². The Hall–Kier alpha value is -1.95. The molecule has 0 saturated heterocycles. The molecule has 21 heavy (non-hydrogen) atoms. The molecule has 0 atom stereocenters. The third-order valence-corrected chi connectivity index (χ3v) is 4.71. The molecule has 1 aromatic carbocycles. The minimum Gasteiger partial charge on any atom is -0.305 e. The highest BCUT2D eigenvalue weighted by molar-refractivity contribution is 7.89. The van der Waals surface area contributed by atoms with E-state index < -0.39 is 10.0 Å². The van der Waals surface area contributed by atoms with Gasteiger partial charge in [0.15, 0.2) is 4.80 Å². The third kappa shape index (κ3) is 3.21. The predicted molar refractivity (Wildman–Crippen MR) is 80.9 cm³/mol. The van der Waals surface area contributed by atoms with Gasteiger partial charge in [-0.25, -0.2) is 13.6 Å². The molecule has 0 radical (unpaired) electrons. The number of sulfonamides is 1. The lowest BCUT2D eigenvalue weighted by atomic mass is 10.3. The molecule has 1 amide bonds. The van der Waals surface area contributed by atoms with Gasteiger partial charge in [0, 0.05) is 6.42 Å². The first kappa shape index (κ1) is 15.4. The number of aromatic nitrogens is 1. The molecule has 6 nitrogen and oxygen atoms in total. The van der Waals surface area contributed by atoms with Gasteiger partial charge in [0.2, 0.25) is 15.9 Å². The SMILES string of the molecule is C#CCn1c(=NC(=O)CC)sc2cc(S(N)(=O)=O)ccc21. The van der Waals surface area contributed by atoms with Crippen LogP contribution in [-0.2, 0) is 21.4 Å². The molecule has 0 fully saturated rings. The number of nitrogens with zero attached hydrogens (tertiary/aromatic N) is 2. The number of carbonyl (C=O) groups excluding carboxylic acids is 1. The van der Waals surface area contributed by atoms with E-state index in [1.807, 2.05) is 0 Å². The minimum absolute atomic E-state index is 0.0116. The smallest absolute Gasteiger partial charge is 0.248 e. The van der Waals surface area contributed by atoms with Gasteiger partial charge in [-0.3, -0.25) is 4.79 Å². The molecule has 0 unspecified atom stereocenters. The molecule has 2 aromatic rings. The number of terminal acetylenes is 1. The Bertz CT molecular complexity index is 914. The first-order chi connectivity index (χ1) is 9.86. The Labute approximate surface area is 126 Å². The van der Waals surface area contributed by atoms with Crippen molar-refractivity contribution in [1.29, 1.82) is 0 Å². The number of fused-ring (bicyclic) bond motifs is 1. The molecule has 0 bridgehead atoms. The van der Waals surface area contributed by atoms with Crippen LogP contribution in [-0.4, -0.2) is 18.9 Å². The monoisotopic (exact) mass is 323 g/mol. The van der Waals surface area contributed by atoms with Crippen LogP contribution in [0.2, 0.25) is 0 Å². The quantitative estimate of drug-likeness (QED) is 0.847. The third-order valence-electron chi connectivity index (χ3n) is 2.75. The van der Waals surface area contributed by atoms with Crippen molar-refractivity contribution in [2.24, 2.45) is 10.1 Å². The molecule has 1 aromatic heterocycles. The summed E-state index contributed by atoms with van der Waals surface area (Å²) in [5.41, 5.74) is 0.716. The van der Waals surface area contributed by atoms with Gasteiger partial charge < -0.3 is 4.57 Å². The zero-order chi connectivity index (χ0) is 15.6. The van der Waals surface area contributed by atoms with E-state index in [4.69, 9.17) is 11.6 Å². The number of nitrogens with two attached hydrogens (primary N) is 1. The maximum absolute atomic E-state index is 11.5. The largest absolute Gasteiger partial charge is 0.305 e. The van der Waals surface area contributed by atoms with Crippen LogP contribution >= 0.6 is 11.3 Å². The Kier molecular flexibility index (Phi) is 4.27. The van der Waals surface area contributed by atoms with E-state index in [-0.39, 0.29) is 23.8 Å². The van der Waals surface area contributed by atoms with Crippen molar-refractivity contribution >= 4 is 37.5 Å². The Morgan fingerprint density at radius 1 is 1.52 bits per heavy atom. The van der Waals surface area contributed by atoms with Crippen molar-refractivity contribution in [3.63, 3.8) is 0 Å². The van der Waals surface area contributed by atoms with Crippen molar-refractivity contribution in [1.82, 2.24) is 4.57 Å². The van der Waals surface area contributed by atoms with Crippen LogP contribution in [0, 0.1) is 12.3 Å². The van der Waals surface area contributed by atoms with E-state index in [9.17, 15) is 13.2 Å². The van der Waals surface area contributed by atoms with E-state index in [0.29, 0.717) is 15.0 Å². The summed E-state index contributed by atoms with van der Waals surface area (Å²) in [6, 6.07) is 4.47.